The molecule has 0 radical (unpaired) electrons. The lowest BCUT2D eigenvalue weighted by molar-refractivity contribution is -0.141. The maximum Gasteiger partial charge on any atom is 0.433 e. The molecule has 2 aromatic rings. The van der Waals surface area contributed by atoms with Gasteiger partial charge < -0.3 is 10.4 Å². The molecule has 0 aliphatic carbocycles. The van der Waals surface area contributed by atoms with Gasteiger partial charge in [-0.3, -0.25) is 0 Å². The Hall–Kier alpha value is -2.16. The molecule has 5 nitrogen and oxygen atoms in total. The second-order valence-corrected chi connectivity index (χ2v) is 4.26. The topological polar surface area (TPSA) is 75.1 Å². The fraction of sp³-hybridized carbons (Fsp3) is 0.100. The molecule has 0 atom stereocenters. The number of rotatable bonds is 3. The quantitative estimate of drug-likeness (QED) is 0.908. The van der Waals surface area contributed by atoms with Crippen molar-refractivity contribution in [2.45, 2.75) is 6.18 Å². The van der Waals surface area contributed by atoms with Crippen LogP contribution < -0.4 is 5.32 Å². The van der Waals surface area contributed by atoms with Crippen molar-refractivity contribution < 1.29 is 23.1 Å². The van der Waals surface area contributed by atoms with Crippen LogP contribution in [0.1, 0.15) is 16.2 Å². The smallest absolute Gasteiger partial charge is 0.433 e. The lowest BCUT2D eigenvalue weighted by atomic mass is 10.3. The first kappa shape index (κ1) is 13.3. The van der Waals surface area contributed by atoms with Crippen LogP contribution in [0.15, 0.2) is 23.7 Å². The molecule has 2 rings (SSSR count). The molecule has 0 aliphatic heterocycles. The SMILES string of the molecule is O=C(O)c1csc(Nc2ccc(C(F)(F)F)nc2)n1. The highest BCUT2D eigenvalue weighted by atomic mass is 32.1. The summed E-state index contributed by atoms with van der Waals surface area (Å²) >= 11 is 1.03. The zero-order valence-corrected chi connectivity index (χ0v) is 9.92. The number of hydrogen-bond donors (Lipinski definition) is 2. The van der Waals surface area contributed by atoms with E-state index in [4.69, 9.17) is 5.11 Å². The van der Waals surface area contributed by atoms with Crippen LogP contribution >= 0.6 is 11.3 Å². The first-order valence-corrected chi connectivity index (χ1v) is 5.73. The minimum Gasteiger partial charge on any atom is -0.476 e. The number of alkyl halides is 3. The van der Waals surface area contributed by atoms with Gasteiger partial charge in [0.05, 0.1) is 11.9 Å². The Labute approximate surface area is 108 Å². The van der Waals surface area contributed by atoms with Gasteiger partial charge in [-0.1, -0.05) is 0 Å². The Morgan fingerprint density at radius 1 is 1.37 bits per heavy atom. The van der Waals surface area contributed by atoms with E-state index in [0.717, 1.165) is 23.6 Å². The number of thiazole rings is 1. The fourth-order valence-electron chi connectivity index (χ4n) is 1.19. The van der Waals surface area contributed by atoms with Crippen LogP contribution in [0, 0.1) is 0 Å². The predicted octanol–water partition coefficient (Wildman–Crippen LogP) is 3.00. The number of halogens is 3. The zero-order chi connectivity index (χ0) is 14.0. The summed E-state index contributed by atoms with van der Waals surface area (Å²) in [6.45, 7) is 0. The molecular formula is C10H6F3N3O2S. The molecule has 0 unspecified atom stereocenters. The third-order valence-electron chi connectivity index (χ3n) is 2.03. The number of carbonyl (C=O) groups is 1. The minimum atomic E-state index is -4.49. The summed E-state index contributed by atoms with van der Waals surface area (Å²) in [5.74, 6) is -1.17. The van der Waals surface area contributed by atoms with Crippen molar-refractivity contribution in [3.63, 3.8) is 0 Å². The predicted molar refractivity (Wildman–Crippen MR) is 61.6 cm³/mol. The summed E-state index contributed by atoms with van der Waals surface area (Å²) in [7, 11) is 0. The summed E-state index contributed by atoms with van der Waals surface area (Å²) < 4.78 is 36.8. The molecule has 100 valence electrons. The van der Waals surface area contributed by atoms with Crippen LogP contribution in [0.2, 0.25) is 0 Å². The average molecular weight is 289 g/mol. The average Bonchev–Trinajstić information content (AvgIpc) is 2.77. The van der Waals surface area contributed by atoms with Gasteiger partial charge in [-0.25, -0.2) is 14.8 Å². The third-order valence-corrected chi connectivity index (χ3v) is 2.79. The van der Waals surface area contributed by atoms with Gasteiger partial charge >= 0.3 is 12.1 Å². The van der Waals surface area contributed by atoms with Gasteiger partial charge in [0, 0.05) is 5.38 Å². The molecule has 0 bridgehead atoms. The number of nitrogens with zero attached hydrogens (tertiary/aromatic N) is 2. The summed E-state index contributed by atoms with van der Waals surface area (Å²) in [6, 6.07) is 2.02. The van der Waals surface area contributed by atoms with E-state index in [1.54, 1.807) is 0 Å². The lowest BCUT2D eigenvalue weighted by Crippen LogP contribution is -2.07. The maximum absolute atomic E-state index is 12.3. The van der Waals surface area contributed by atoms with E-state index in [0.29, 0.717) is 5.69 Å². The summed E-state index contributed by atoms with van der Waals surface area (Å²) in [5.41, 5.74) is -0.838. The first-order chi connectivity index (χ1) is 8.86. The van der Waals surface area contributed by atoms with E-state index >= 15 is 0 Å². The molecule has 2 aromatic heterocycles. The van der Waals surface area contributed by atoms with Crippen LogP contribution in [0.25, 0.3) is 0 Å². The molecule has 0 fully saturated rings. The Balaban J connectivity index is 2.13. The first-order valence-electron chi connectivity index (χ1n) is 4.85. The van der Waals surface area contributed by atoms with Crippen molar-refractivity contribution >= 4 is 28.1 Å². The number of pyridine rings is 1. The molecule has 0 amide bonds. The fourth-order valence-corrected chi connectivity index (χ4v) is 1.89. The monoisotopic (exact) mass is 289 g/mol. The number of anilines is 2. The number of hydrogen-bond acceptors (Lipinski definition) is 5. The summed E-state index contributed by atoms with van der Waals surface area (Å²) in [6.07, 6.45) is -3.49. The zero-order valence-electron chi connectivity index (χ0n) is 9.10. The third kappa shape index (κ3) is 3.19. The van der Waals surface area contributed by atoms with Gasteiger partial charge in [0.15, 0.2) is 10.8 Å². The number of carboxylic acid groups (broad SMARTS) is 1. The Kier molecular flexibility index (Phi) is 3.38. The van der Waals surface area contributed by atoms with Gasteiger partial charge in [0.2, 0.25) is 0 Å². The number of aromatic nitrogens is 2. The van der Waals surface area contributed by atoms with Crippen molar-refractivity contribution in [3.8, 4) is 0 Å². The van der Waals surface area contributed by atoms with Crippen molar-refractivity contribution in [2.75, 3.05) is 5.32 Å². The maximum atomic E-state index is 12.3. The van der Waals surface area contributed by atoms with Gasteiger partial charge in [-0.05, 0) is 12.1 Å². The molecule has 0 saturated carbocycles. The minimum absolute atomic E-state index is 0.132. The van der Waals surface area contributed by atoms with E-state index < -0.39 is 17.8 Å². The van der Waals surface area contributed by atoms with Gasteiger partial charge in [-0.2, -0.15) is 13.2 Å². The molecule has 0 spiro atoms. The highest BCUT2D eigenvalue weighted by molar-refractivity contribution is 7.14. The Morgan fingerprint density at radius 2 is 2.11 bits per heavy atom. The van der Waals surface area contributed by atoms with E-state index in [9.17, 15) is 18.0 Å². The number of carboxylic acids is 1. The molecule has 0 saturated heterocycles. The van der Waals surface area contributed by atoms with Crippen molar-refractivity contribution in [3.05, 3.63) is 35.1 Å². The van der Waals surface area contributed by atoms with Crippen LogP contribution in [-0.2, 0) is 6.18 Å². The van der Waals surface area contributed by atoms with Crippen LogP contribution in [0.5, 0.6) is 0 Å². The highest BCUT2D eigenvalue weighted by Gasteiger charge is 2.32. The lowest BCUT2D eigenvalue weighted by Gasteiger charge is -2.06. The normalized spacial score (nSPS) is 11.3. The molecular weight excluding hydrogens is 283 g/mol. The van der Waals surface area contributed by atoms with E-state index in [1.807, 2.05) is 0 Å². The number of nitrogens with one attached hydrogen (secondary N) is 1. The van der Waals surface area contributed by atoms with E-state index in [2.05, 4.69) is 15.3 Å². The molecule has 9 heteroatoms. The molecule has 19 heavy (non-hydrogen) atoms. The van der Waals surface area contributed by atoms with Crippen LogP contribution in [0.3, 0.4) is 0 Å². The Morgan fingerprint density at radius 3 is 2.58 bits per heavy atom. The van der Waals surface area contributed by atoms with Crippen molar-refractivity contribution in [1.82, 2.24) is 9.97 Å². The highest BCUT2D eigenvalue weighted by Crippen LogP contribution is 2.28. The van der Waals surface area contributed by atoms with Gasteiger partial charge in [0.1, 0.15) is 5.69 Å². The van der Waals surface area contributed by atoms with E-state index in [1.165, 1.54) is 11.4 Å². The summed E-state index contributed by atoms with van der Waals surface area (Å²) in [4.78, 5) is 17.6. The van der Waals surface area contributed by atoms with Gasteiger partial charge in [0.25, 0.3) is 0 Å². The molecule has 0 aliphatic rings. The number of aromatic carboxylic acids is 1. The van der Waals surface area contributed by atoms with Crippen LogP contribution in [-0.4, -0.2) is 21.0 Å². The molecule has 0 aromatic carbocycles. The van der Waals surface area contributed by atoms with E-state index in [-0.39, 0.29) is 10.8 Å². The van der Waals surface area contributed by atoms with Crippen molar-refractivity contribution in [2.24, 2.45) is 0 Å². The second kappa shape index (κ2) is 4.84. The molecule has 2 heterocycles. The largest absolute Gasteiger partial charge is 0.476 e. The summed E-state index contributed by atoms with van der Waals surface area (Å²) in [5, 5.41) is 12.9. The van der Waals surface area contributed by atoms with Gasteiger partial charge in [-0.15, -0.1) is 11.3 Å². The second-order valence-electron chi connectivity index (χ2n) is 3.40. The van der Waals surface area contributed by atoms with Crippen molar-refractivity contribution in [1.29, 1.82) is 0 Å². The Bertz CT molecular complexity index is 595. The van der Waals surface area contributed by atoms with Crippen LogP contribution in [0.4, 0.5) is 24.0 Å². The molecule has 2 N–H and O–H groups in total. The standard InChI is InChI=1S/C10H6F3N3O2S/c11-10(12,13)7-2-1-5(3-14-7)15-9-16-6(4-19-9)8(17)18/h1-4H,(H,15,16)(H,17,18).